The van der Waals surface area contributed by atoms with Crippen LogP contribution in [0.2, 0.25) is 0 Å². The van der Waals surface area contributed by atoms with Crippen molar-refractivity contribution < 1.29 is 9.18 Å². The molecule has 0 aromatic heterocycles. The maximum Gasteiger partial charge on any atom is 0.318 e. The minimum atomic E-state index is -0.486. The number of benzene rings is 1. The number of carbonyl (C=O) groups is 1. The van der Waals surface area contributed by atoms with E-state index >= 15 is 0 Å². The zero-order valence-corrected chi connectivity index (χ0v) is 11.7. The molecule has 1 aliphatic carbocycles. The quantitative estimate of drug-likeness (QED) is 0.882. The molecule has 1 aromatic carbocycles. The fraction of sp³-hybridized carbons (Fsp3) is 0.562. The molecule has 0 spiro atoms. The summed E-state index contributed by atoms with van der Waals surface area (Å²) in [7, 11) is 0. The van der Waals surface area contributed by atoms with Gasteiger partial charge >= 0.3 is 6.03 Å². The van der Waals surface area contributed by atoms with Crippen LogP contribution in [-0.2, 0) is 5.54 Å². The van der Waals surface area contributed by atoms with Crippen LogP contribution in [0.15, 0.2) is 24.3 Å². The Balaban J connectivity index is 1.76. The van der Waals surface area contributed by atoms with Gasteiger partial charge in [0.15, 0.2) is 0 Å². The van der Waals surface area contributed by atoms with Crippen molar-refractivity contribution in [3.8, 4) is 0 Å². The Kier molecular flexibility index (Phi) is 3.64. The smallest absolute Gasteiger partial charge is 0.318 e. The number of urea groups is 1. The number of rotatable bonds is 2. The average molecular weight is 276 g/mol. The molecule has 20 heavy (non-hydrogen) atoms. The number of nitrogens with one attached hydrogen (secondary N) is 1. The van der Waals surface area contributed by atoms with Gasteiger partial charge in [0.2, 0.25) is 0 Å². The van der Waals surface area contributed by atoms with Crippen molar-refractivity contribution in [1.82, 2.24) is 10.2 Å². The predicted octanol–water partition coefficient (Wildman–Crippen LogP) is 3.40. The first-order chi connectivity index (χ1) is 9.71. The first-order valence-corrected chi connectivity index (χ1v) is 7.53. The first kappa shape index (κ1) is 13.4. The molecule has 0 bridgehead atoms. The van der Waals surface area contributed by atoms with Crippen LogP contribution in [0.1, 0.15) is 44.1 Å². The Morgan fingerprint density at radius 1 is 1.10 bits per heavy atom. The fourth-order valence-electron chi connectivity index (χ4n) is 3.22. The molecule has 1 N–H and O–H groups in total. The van der Waals surface area contributed by atoms with Crippen LogP contribution in [0.25, 0.3) is 0 Å². The lowest BCUT2D eigenvalue weighted by molar-refractivity contribution is 0.140. The molecule has 2 amide bonds. The Morgan fingerprint density at radius 3 is 2.40 bits per heavy atom. The molecule has 3 nitrogen and oxygen atoms in total. The number of likely N-dealkylation sites (tertiary alicyclic amines) is 1. The van der Waals surface area contributed by atoms with E-state index in [1.165, 1.54) is 12.5 Å². The van der Waals surface area contributed by atoms with Gasteiger partial charge in [0, 0.05) is 18.7 Å². The zero-order valence-electron chi connectivity index (χ0n) is 11.7. The van der Waals surface area contributed by atoms with Crippen LogP contribution in [0, 0.1) is 5.82 Å². The minimum Gasteiger partial charge on any atom is -0.328 e. The van der Waals surface area contributed by atoms with Gasteiger partial charge in [0.1, 0.15) is 5.82 Å². The highest BCUT2D eigenvalue weighted by atomic mass is 19.1. The third-order valence-electron chi connectivity index (χ3n) is 4.59. The van der Waals surface area contributed by atoms with Gasteiger partial charge in [-0.15, -0.1) is 0 Å². The van der Waals surface area contributed by atoms with Crippen molar-refractivity contribution >= 4 is 6.03 Å². The molecule has 1 saturated heterocycles. The second-order valence-electron chi connectivity index (χ2n) is 5.89. The van der Waals surface area contributed by atoms with Crippen LogP contribution in [-0.4, -0.2) is 24.0 Å². The van der Waals surface area contributed by atoms with Gasteiger partial charge in [-0.2, -0.15) is 0 Å². The van der Waals surface area contributed by atoms with Gasteiger partial charge in [-0.05, 0) is 44.6 Å². The van der Waals surface area contributed by atoms with Crippen molar-refractivity contribution in [2.75, 3.05) is 13.1 Å². The minimum absolute atomic E-state index is 0.0346. The van der Waals surface area contributed by atoms with E-state index in [-0.39, 0.29) is 11.8 Å². The largest absolute Gasteiger partial charge is 0.328 e. The van der Waals surface area contributed by atoms with E-state index in [2.05, 4.69) is 5.32 Å². The van der Waals surface area contributed by atoms with Gasteiger partial charge in [-0.25, -0.2) is 9.18 Å². The average Bonchev–Trinajstić information content (AvgIpc) is 2.44. The zero-order chi connectivity index (χ0) is 14.0. The Bertz CT molecular complexity index is 493. The van der Waals surface area contributed by atoms with E-state index in [4.69, 9.17) is 0 Å². The first-order valence-electron chi connectivity index (χ1n) is 7.53. The highest BCUT2D eigenvalue weighted by molar-refractivity contribution is 5.75. The summed E-state index contributed by atoms with van der Waals surface area (Å²) in [6.45, 7) is 1.64. The molecule has 108 valence electrons. The highest BCUT2D eigenvalue weighted by Gasteiger charge is 2.42. The third-order valence-corrected chi connectivity index (χ3v) is 4.59. The standard InChI is InChI=1S/C16H21FN2O/c17-14-8-3-2-7-13(14)16(9-6-10-16)18-15(20)19-11-4-1-5-12-19/h2-3,7-8H,1,4-6,9-12H2,(H,18,20). The van der Waals surface area contributed by atoms with Crippen molar-refractivity contribution in [2.24, 2.45) is 0 Å². The second kappa shape index (κ2) is 5.43. The van der Waals surface area contributed by atoms with Crippen LogP contribution in [0.3, 0.4) is 0 Å². The number of piperidine rings is 1. The van der Waals surface area contributed by atoms with Crippen LogP contribution in [0.4, 0.5) is 9.18 Å². The lowest BCUT2D eigenvalue weighted by atomic mass is 9.71. The Morgan fingerprint density at radius 2 is 1.80 bits per heavy atom. The summed E-state index contributed by atoms with van der Waals surface area (Å²) in [6.07, 6.45) is 6.03. The Labute approximate surface area is 119 Å². The van der Waals surface area contributed by atoms with Gasteiger partial charge in [-0.3, -0.25) is 0 Å². The summed E-state index contributed by atoms with van der Waals surface area (Å²) < 4.78 is 14.0. The van der Waals surface area contributed by atoms with Crippen molar-refractivity contribution in [3.05, 3.63) is 35.6 Å². The molecule has 2 fully saturated rings. The second-order valence-corrected chi connectivity index (χ2v) is 5.89. The lowest BCUT2D eigenvalue weighted by Crippen LogP contribution is -2.56. The predicted molar refractivity (Wildman–Crippen MR) is 75.9 cm³/mol. The molecule has 0 atom stereocenters. The SMILES string of the molecule is O=C(NC1(c2ccccc2F)CCC1)N1CCCCC1. The topological polar surface area (TPSA) is 32.3 Å². The third kappa shape index (κ3) is 2.39. The lowest BCUT2D eigenvalue weighted by Gasteiger charge is -2.44. The summed E-state index contributed by atoms with van der Waals surface area (Å²) >= 11 is 0. The molecule has 2 aliphatic rings. The molecule has 1 aromatic rings. The molecule has 0 radical (unpaired) electrons. The van der Waals surface area contributed by atoms with Gasteiger partial charge in [-0.1, -0.05) is 18.2 Å². The molecule has 1 saturated carbocycles. The number of nitrogens with zero attached hydrogens (tertiary/aromatic N) is 1. The van der Waals surface area contributed by atoms with Gasteiger partial charge in [0.25, 0.3) is 0 Å². The van der Waals surface area contributed by atoms with Crippen LogP contribution in [0.5, 0.6) is 0 Å². The molecular weight excluding hydrogens is 255 g/mol. The van der Waals surface area contributed by atoms with E-state index in [0.29, 0.717) is 5.56 Å². The fourth-order valence-corrected chi connectivity index (χ4v) is 3.22. The van der Waals surface area contributed by atoms with Crippen LogP contribution < -0.4 is 5.32 Å². The summed E-state index contributed by atoms with van der Waals surface area (Å²) in [5.74, 6) is -0.217. The van der Waals surface area contributed by atoms with Gasteiger partial charge < -0.3 is 10.2 Å². The molecular formula is C16H21FN2O. The summed E-state index contributed by atoms with van der Waals surface area (Å²) in [5.41, 5.74) is 0.150. The van der Waals surface area contributed by atoms with E-state index in [9.17, 15) is 9.18 Å². The molecule has 1 aliphatic heterocycles. The molecule has 0 unspecified atom stereocenters. The maximum atomic E-state index is 14.0. The van der Waals surface area contributed by atoms with Gasteiger partial charge in [0.05, 0.1) is 5.54 Å². The normalized spacial score (nSPS) is 21.1. The Hall–Kier alpha value is -1.58. The summed E-state index contributed by atoms with van der Waals surface area (Å²) in [6, 6.07) is 6.77. The van der Waals surface area contributed by atoms with E-state index in [0.717, 1.165) is 45.2 Å². The monoisotopic (exact) mass is 276 g/mol. The van der Waals surface area contributed by atoms with Crippen LogP contribution >= 0.6 is 0 Å². The number of halogens is 1. The van der Waals surface area contributed by atoms with Crippen molar-refractivity contribution in [2.45, 2.75) is 44.1 Å². The van der Waals surface area contributed by atoms with Crippen molar-refractivity contribution in [3.63, 3.8) is 0 Å². The summed E-state index contributed by atoms with van der Waals surface area (Å²) in [4.78, 5) is 14.2. The van der Waals surface area contributed by atoms with E-state index < -0.39 is 5.54 Å². The van der Waals surface area contributed by atoms with E-state index in [1.54, 1.807) is 12.1 Å². The number of amides is 2. The molecule has 1 heterocycles. The number of carbonyl (C=O) groups excluding carboxylic acids is 1. The van der Waals surface area contributed by atoms with Crippen molar-refractivity contribution in [1.29, 1.82) is 0 Å². The maximum absolute atomic E-state index is 14.0. The summed E-state index contributed by atoms with van der Waals surface area (Å²) in [5, 5.41) is 3.10. The molecule has 4 heteroatoms. The number of hydrogen-bond donors (Lipinski definition) is 1. The molecule has 3 rings (SSSR count). The highest BCUT2D eigenvalue weighted by Crippen LogP contribution is 2.42. The number of hydrogen-bond acceptors (Lipinski definition) is 1. The van der Waals surface area contributed by atoms with E-state index in [1.807, 2.05) is 11.0 Å².